The molecule has 224 valence electrons. The Hall–Kier alpha value is -3.71. The number of ketones is 4. The normalized spacial score (nSPS) is 23.1. The van der Waals surface area contributed by atoms with Crippen LogP contribution in [0.25, 0.3) is 11.5 Å². The zero-order valence-corrected chi connectivity index (χ0v) is 25.1. The molecule has 1 N–H and O–H groups in total. The number of nitrogens with one attached hydrogen (secondary N) is 1. The third-order valence-electron chi connectivity index (χ3n) is 9.04. The van der Waals surface area contributed by atoms with Gasteiger partial charge in [0.1, 0.15) is 17.6 Å². The lowest BCUT2D eigenvalue weighted by Crippen LogP contribution is -2.33. The number of carbonyl (C=O) groups excluding carboxylic acids is 4. The largest absolute Gasteiger partial charge is 0.490 e. The molecule has 0 spiro atoms. The Morgan fingerprint density at radius 1 is 0.791 bits per heavy atom. The molecule has 3 unspecified atom stereocenters. The second kappa shape index (κ2) is 12.5. The van der Waals surface area contributed by atoms with Crippen LogP contribution in [0.3, 0.4) is 0 Å². The van der Waals surface area contributed by atoms with Gasteiger partial charge in [0.2, 0.25) is 23.1 Å². The Kier molecular flexibility index (Phi) is 8.53. The first-order chi connectivity index (χ1) is 20.8. The third kappa shape index (κ3) is 6.19. The van der Waals surface area contributed by atoms with Crippen molar-refractivity contribution in [3.63, 3.8) is 0 Å². The number of hydrogen-bond acceptors (Lipinski definition) is 7. The summed E-state index contributed by atoms with van der Waals surface area (Å²) in [5.41, 5.74) is 2.51. The van der Waals surface area contributed by atoms with E-state index < -0.39 is 23.1 Å². The number of benzene rings is 2. The highest BCUT2D eigenvalue weighted by Crippen LogP contribution is 2.38. The van der Waals surface area contributed by atoms with Crippen molar-refractivity contribution in [2.45, 2.75) is 89.4 Å². The van der Waals surface area contributed by atoms with Crippen LogP contribution in [0.5, 0.6) is 0 Å². The van der Waals surface area contributed by atoms with E-state index in [4.69, 9.17) is 21.1 Å². The third-order valence-corrected chi connectivity index (χ3v) is 9.28. The van der Waals surface area contributed by atoms with Gasteiger partial charge in [-0.25, -0.2) is 0 Å². The van der Waals surface area contributed by atoms with Crippen LogP contribution < -0.4 is 5.32 Å². The average Bonchev–Trinajstić information content (AvgIpc) is 3.00. The summed E-state index contributed by atoms with van der Waals surface area (Å²) in [4.78, 5) is 50.8. The van der Waals surface area contributed by atoms with Crippen LogP contribution in [-0.4, -0.2) is 41.4 Å². The van der Waals surface area contributed by atoms with Gasteiger partial charge in [0.15, 0.2) is 0 Å². The SMILES string of the molecule is CC(CC1CCCCC1OC1=CC(=O)C(=O)c2cc(Cl)ccc21)Nc1cccc2c1C(=O)C(=O)C=C2OC1CCCCC1. The standard InChI is InChI=1S/C35H36ClNO6/c1-20(37-27-12-7-11-25-32(19-29(39)35(41)33(25)27)42-23-9-3-2-4-10-23)16-21-8-5-6-13-30(21)43-31-18-28(38)34(40)26-17-22(36)14-15-24(26)31/h7,11-12,14-15,17-21,23,30,37H,2-6,8-10,13,16H2,1H3. The van der Waals surface area contributed by atoms with Crippen molar-refractivity contribution in [1.29, 1.82) is 0 Å². The maximum atomic E-state index is 13.1. The van der Waals surface area contributed by atoms with Crippen molar-refractivity contribution in [2.24, 2.45) is 5.92 Å². The fourth-order valence-corrected chi connectivity index (χ4v) is 7.09. The molecule has 0 bridgehead atoms. The van der Waals surface area contributed by atoms with Crippen molar-refractivity contribution in [1.82, 2.24) is 0 Å². The lowest BCUT2D eigenvalue weighted by Gasteiger charge is -2.35. The summed E-state index contributed by atoms with van der Waals surface area (Å²) in [5.74, 6) is -1.20. The molecule has 43 heavy (non-hydrogen) atoms. The number of halogens is 1. The first-order valence-electron chi connectivity index (χ1n) is 15.4. The molecule has 0 saturated heterocycles. The lowest BCUT2D eigenvalue weighted by molar-refractivity contribution is -0.111. The molecule has 2 saturated carbocycles. The summed E-state index contributed by atoms with van der Waals surface area (Å²) in [5, 5.41) is 3.90. The molecule has 0 amide bonds. The van der Waals surface area contributed by atoms with Crippen LogP contribution in [0, 0.1) is 5.92 Å². The van der Waals surface area contributed by atoms with Gasteiger partial charge in [-0.1, -0.05) is 36.6 Å². The van der Waals surface area contributed by atoms with Gasteiger partial charge in [-0.2, -0.15) is 0 Å². The second-order valence-electron chi connectivity index (χ2n) is 12.2. The van der Waals surface area contributed by atoms with Crippen LogP contribution >= 0.6 is 11.6 Å². The number of allylic oxidation sites excluding steroid dienone is 2. The average molecular weight is 602 g/mol. The van der Waals surface area contributed by atoms with Crippen LogP contribution in [0.4, 0.5) is 5.69 Å². The molecular weight excluding hydrogens is 566 g/mol. The van der Waals surface area contributed by atoms with E-state index in [2.05, 4.69) is 12.2 Å². The van der Waals surface area contributed by atoms with Gasteiger partial charge in [-0.3, -0.25) is 19.2 Å². The van der Waals surface area contributed by atoms with Gasteiger partial charge in [-0.15, -0.1) is 0 Å². The summed E-state index contributed by atoms with van der Waals surface area (Å²) >= 11 is 6.11. The van der Waals surface area contributed by atoms with E-state index in [0.717, 1.165) is 57.8 Å². The molecule has 2 aromatic carbocycles. The van der Waals surface area contributed by atoms with E-state index >= 15 is 0 Å². The minimum absolute atomic E-state index is 0.0353. The van der Waals surface area contributed by atoms with Gasteiger partial charge >= 0.3 is 0 Å². The predicted molar refractivity (Wildman–Crippen MR) is 165 cm³/mol. The molecule has 3 atom stereocenters. The number of ether oxygens (including phenoxy) is 2. The summed E-state index contributed by atoms with van der Waals surface area (Å²) in [6, 6.07) is 10.5. The summed E-state index contributed by atoms with van der Waals surface area (Å²) in [6.07, 6.45) is 12.5. The molecule has 2 fully saturated rings. The van der Waals surface area contributed by atoms with Crippen LogP contribution in [0.2, 0.25) is 5.02 Å². The highest BCUT2D eigenvalue weighted by Gasteiger charge is 2.34. The molecule has 0 aliphatic heterocycles. The van der Waals surface area contributed by atoms with Crippen molar-refractivity contribution >= 4 is 51.9 Å². The van der Waals surface area contributed by atoms with Gasteiger partial charge < -0.3 is 14.8 Å². The van der Waals surface area contributed by atoms with Crippen molar-refractivity contribution in [3.05, 3.63) is 75.8 Å². The number of carbonyl (C=O) groups is 4. The van der Waals surface area contributed by atoms with E-state index in [-0.39, 0.29) is 29.7 Å². The summed E-state index contributed by atoms with van der Waals surface area (Å²) < 4.78 is 12.8. The van der Waals surface area contributed by atoms with E-state index in [1.54, 1.807) is 12.1 Å². The highest BCUT2D eigenvalue weighted by molar-refractivity contribution is 6.51. The van der Waals surface area contributed by atoms with Crippen molar-refractivity contribution < 1.29 is 28.7 Å². The molecule has 6 rings (SSSR count). The zero-order chi connectivity index (χ0) is 30.1. The smallest absolute Gasteiger partial charge is 0.235 e. The van der Waals surface area contributed by atoms with Crippen LogP contribution in [0.1, 0.15) is 103 Å². The monoisotopic (exact) mass is 601 g/mol. The Bertz CT molecular complexity index is 1530. The second-order valence-corrected chi connectivity index (χ2v) is 12.6. The molecule has 0 heterocycles. The molecule has 2 aromatic rings. The molecule has 4 aliphatic carbocycles. The molecular formula is C35H36ClNO6. The van der Waals surface area contributed by atoms with E-state index in [1.807, 2.05) is 18.2 Å². The highest BCUT2D eigenvalue weighted by atomic mass is 35.5. The number of hydrogen-bond donors (Lipinski definition) is 1. The topological polar surface area (TPSA) is 98.8 Å². The number of Topliss-reactive ketones (excluding diaryl/α,β-unsaturated/α-hetero) is 2. The van der Waals surface area contributed by atoms with Gasteiger partial charge in [-0.05, 0) is 88.5 Å². The van der Waals surface area contributed by atoms with Gasteiger partial charge in [0, 0.05) is 45.6 Å². The molecule has 8 heteroatoms. The molecule has 0 aromatic heterocycles. The summed E-state index contributed by atoms with van der Waals surface area (Å²) in [7, 11) is 0. The Morgan fingerprint density at radius 2 is 1.49 bits per heavy atom. The number of rotatable bonds is 8. The fraction of sp³-hybridized carbons (Fsp3) is 0.429. The Morgan fingerprint density at radius 3 is 2.28 bits per heavy atom. The molecule has 4 aliphatic rings. The van der Waals surface area contributed by atoms with Crippen LogP contribution in [0.15, 0.2) is 48.6 Å². The first kappa shape index (κ1) is 29.4. The number of fused-ring (bicyclic) bond motifs is 2. The van der Waals surface area contributed by atoms with Crippen molar-refractivity contribution in [2.75, 3.05) is 5.32 Å². The minimum atomic E-state index is -0.610. The Labute approximate surface area is 256 Å². The maximum Gasteiger partial charge on any atom is 0.235 e. The van der Waals surface area contributed by atoms with Crippen LogP contribution in [-0.2, 0) is 19.1 Å². The van der Waals surface area contributed by atoms with Gasteiger partial charge in [0.25, 0.3) is 0 Å². The Balaban J connectivity index is 1.18. The van der Waals surface area contributed by atoms with E-state index in [1.165, 1.54) is 24.6 Å². The zero-order valence-electron chi connectivity index (χ0n) is 24.3. The number of anilines is 1. The first-order valence-corrected chi connectivity index (χ1v) is 15.8. The molecule has 0 radical (unpaired) electrons. The van der Waals surface area contributed by atoms with E-state index in [0.29, 0.717) is 38.9 Å². The quantitative estimate of drug-likeness (QED) is 0.315. The summed E-state index contributed by atoms with van der Waals surface area (Å²) in [6.45, 7) is 2.06. The molecule has 7 nitrogen and oxygen atoms in total. The minimum Gasteiger partial charge on any atom is -0.490 e. The maximum absolute atomic E-state index is 13.1. The van der Waals surface area contributed by atoms with Gasteiger partial charge in [0.05, 0.1) is 11.7 Å². The van der Waals surface area contributed by atoms with E-state index in [9.17, 15) is 19.2 Å². The fourth-order valence-electron chi connectivity index (χ4n) is 6.92. The van der Waals surface area contributed by atoms with Crippen molar-refractivity contribution in [3.8, 4) is 0 Å². The lowest BCUT2D eigenvalue weighted by atomic mass is 9.82. The predicted octanol–water partition coefficient (Wildman–Crippen LogP) is 7.37.